The normalized spacial score (nSPS) is 12.7. The molecule has 1 nitrogen and oxygen atoms in total. The third-order valence-corrected chi connectivity index (χ3v) is 5.00. The lowest BCUT2D eigenvalue weighted by Gasteiger charge is -2.19. The Labute approximate surface area is 137 Å². The summed E-state index contributed by atoms with van der Waals surface area (Å²) in [5.41, 5.74) is 1.25. The van der Waals surface area contributed by atoms with Gasteiger partial charge in [0, 0.05) is 5.56 Å². The predicted octanol–water partition coefficient (Wildman–Crippen LogP) is 5.64. The van der Waals surface area contributed by atoms with Crippen molar-refractivity contribution in [3.8, 4) is 0 Å². The van der Waals surface area contributed by atoms with Gasteiger partial charge in [-0.15, -0.1) is 11.3 Å². The lowest BCUT2D eigenvalue weighted by molar-refractivity contribution is 0.533. The number of hydrogen-bond donors (Lipinski definition) is 1. The van der Waals surface area contributed by atoms with Gasteiger partial charge in [0.05, 0.1) is 14.3 Å². The predicted molar refractivity (Wildman–Crippen MR) is 86.2 cm³/mol. The number of benzene rings is 1. The molecule has 2 rings (SSSR count). The van der Waals surface area contributed by atoms with E-state index in [1.165, 1.54) is 23.5 Å². The molecule has 0 spiro atoms. The monoisotopic (exact) mass is 423 g/mol. The second kappa shape index (κ2) is 7.11. The zero-order valence-electron chi connectivity index (χ0n) is 10.7. The first-order valence-corrected chi connectivity index (χ1v) is 8.61. The number of halogens is 4. The third kappa shape index (κ3) is 3.67. The highest BCUT2D eigenvalue weighted by atomic mass is 79.9. The van der Waals surface area contributed by atoms with Gasteiger partial charge in [-0.1, -0.05) is 6.92 Å². The summed E-state index contributed by atoms with van der Waals surface area (Å²) in [6, 6.07) is 4.00. The fraction of sp³-hybridized carbons (Fsp3) is 0.286. The van der Waals surface area contributed by atoms with Crippen molar-refractivity contribution in [1.82, 2.24) is 5.32 Å². The standard InChI is InChI=1S/C14H13Br2F2NS/c1-2-3-19-14(8-4-13(16)20-7-8)9-5-12(18)10(15)6-11(9)17/h4-7,14,19H,2-3H2,1H3. The summed E-state index contributed by atoms with van der Waals surface area (Å²) in [6.45, 7) is 2.77. The molecule has 0 saturated carbocycles. The van der Waals surface area contributed by atoms with Gasteiger partial charge in [0.1, 0.15) is 11.6 Å². The lowest BCUT2D eigenvalue weighted by atomic mass is 10.0. The Kier molecular flexibility index (Phi) is 5.72. The fourth-order valence-electron chi connectivity index (χ4n) is 1.93. The van der Waals surface area contributed by atoms with Gasteiger partial charge in [-0.2, -0.15) is 0 Å². The molecule has 0 aliphatic carbocycles. The average Bonchev–Trinajstić information content (AvgIpc) is 2.82. The van der Waals surface area contributed by atoms with Gasteiger partial charge in [-0.25, -0.2) is 8.78 Å². The summed E-state index contributed by atoms with van der Waals surface area (Å²) in [5.74, 6) is -0.881. The van der Waals surface area contributed by atoms with Gasteiger partial charge in [0.25, 0.3) is 0 Å². The smallest absolute Gasteiger partial charge is 0.137 e. The van der Waals surface area contributed by atoms with Crippen LogP contribution in [-0.2, 0) is 0 Å². The molecule has 108 valence electrons. The molecule has 0 saturated heterocycles. The molecular formula is C14H13Br2F2NS. The van der Waals surface area contributed by atoms with Gasteiger partial charge < -0.3 is 5.32 Å². The van der Waals surface area contributed by atoms with Crippen LogP contribution in [0.5, 0.6) is 0 Å². The summed E-state index contributed by atoms with van der Waals surface area (Å²) in [7, 11) is 0. The minimum absolute atomic E-state index is 0.138. The van der Waals surface area contributed by atoms with Crippen molar-refractivity contribution in [2.75, 3.05) is 6.54 Å². The quantitative estimate of drug-likeness (QED) is 0.612. The summed E-state index contributed by atoms with van der Waals surface area (Å²) in [4.78, 5) is 0. The molecule has 1 unspecified atom stereocenters. The molecule has 0 fully saturated rings. The van der Waals surface area contributed by atoms with E-state index in [1.54, 1.807) is 0 Å². The van der Waals surface area contributed by atoms with E-state index in [0.717, 1.165) is 22.3 Å². The number of rotatable bonds is 5. The minimum Gasteiger partial charge on any atom is -0.306 e. The third-order valence-electron chi connectivity index (χ3n) is 2.87. The topological polar surface area (TPSA) is 12.0 Å². The molecule has 1 N–H and O–H groups in total. The Hall–Kier alpha value is -0.300. The highest BCUT2D eigenvalue weighted by molar-refractivity contribution is 9.11. The van der Waals surface area contributed by atoms with Crippen LogP contribution in [0.3, 0.4) is 0 Å². The molecule has 1 aromatic carbocycles. The summed E-state index contributed by atoms with van der Waals surface area (Å²) >= 11 is 7.93. The molecular weight excluding hydrogens is 412 g/mol. The van der Waals surface area contributed by atoms with E-state index in [1.807, 2.05) is 18.4 Å². The number of nitrogens with one attached hydrogen (secondary N) is 1. The van der Waals surface area contributed by atoms with E-state index in [-0.39, 0.29) is 10.5 Å². The number of hydrogen-bond acceptors (Lipinski definition) is 2. The molecule has 1 aromatic heterocycles. The maximum atomic E-state index is 14.2. The molecule has 1 heterocycles. The Bertz CT molecular complexity index is 601. The zero-order chi connectivity index (χ0) is 14.7. The van der Waals surface area contributed by atoms with E-state index in [0.29, 0.717) is 5.56 Å². The molecule has 0 aliphatic heterocycles. The van der Waals surface area contributed by atoms with Crippen LogP contribution in [0.15, 0.2) is 31.8 Å². The summed E-state index contributed by atoms with van der Waals surface area (Å²) in [6.07, 6.45) is 0.919. The molecule has 0 bridgehead atoms. The van der Waals surface area contributed by atoms with Crippen molar-refractivity contribution in [2.45, 2.75) is 19.4 Å². The van der Waals surface area contributed by atoms with Gasteiger partial charge in [0.15, 0.2) is 0 Å². The molecule has 0 amide bonds. The molecule has 0 aliphatic rings. The number of thiophene rings is 1. The van der Waals surface area contributed by atoms with Gasteiger partial charge in [-0.05, 0) is 74.0 Å². The lowest BCUT2D eigenvalue weighted by Crippen LogP contribution is -2.24. The molecule has 1 atom stereocenters. The summed E-state index contributed by atoms with van der Waals surface area (Å²) < 4.78 is 29.0. The Morgan fingerprint density at radius 3 is 2.55 bits per heavy atom. The van der Waals surface area contributed by atoms with Crippen molar-refractivity contribution < 1.29 is 8.78 Å². The SMILES string of the molecule is CCCNC(c1csc(Br)c1)c1cc(F)c(Br)cc1F. The average molecular weight is 425 g/mol. The van der Waals surface area contributed by atoms with E-state index in [2.05, 4.69) is 37.2 Å². The van der Waals surface area contributed by atoms with Crippen molar-refractivity contribution in [3.05, 3.63) is 54.6 Å². The zero-order valence-corrected chi connectivity index (χ0v) is 14.7. The minimum atomic E-state index is -0.459. The van der Waals surface area contributed by atoms with Crippen molar-refractivity contribution in [1.29, 1.82) is 0 Å². The molecule has 6 heteroatoms. The van der Waals surface area contributed by atoms with E-state index in [4.69, 9.17) is 0 Å². The van der Waals surface area contributed by atoms with Crippen molar-refractivity contribution >= 4 is 43.2 Å². The Balaban J connectivity index is 2.43. The first-order valence-electron chi connectivity index (χ1n) is 6.14. The molecule has 20 heavy (non-hydrogen) atoms. The Morgan fingerprint density at radius 1 is 1.20 bits per heavy atom. The maximum absolute atomic E-state index is 14.2. The van der Waals surface area contributed by atoms with Gasteiger partial charge >= 0.3 is 0 Å². The second-order valence-corrected chi connectivity index (χ2v) is 7.50. The van der Waals surface area contributed by atoms with Gasteiger partial charge in [0.2, 0.25) is 0 Å². The largest absolute Gasteiger partial charge is 0.306 e. The van der Waals surface area contributed by atoms with Crippen LogP contribution in [0.25, 0.3) is 0 Å². The molecule has 0 radical (unpaired) electrons. The van der Waals surface area contributed by atoms with Gasteiger partial charge in [-0.3, -0.25) is 0 Å². The van der Waals surface area contributed by atoms with Crippen LogP contribution in [-0.4, -0.2) is 6.54 Å². The van der Waals surface area contributed by atoms with Crippen LogP contribution in [0, 0.1) is 11.6 Å². The van der Waals surface area contributed by atoms with E-state index in [9.17, 15) is 8.78 Å². The first kappa shape index (κ1) is 16.1. The summed E-state index contributed by atoms with van der Waals surface area (Å²) in [5, 5.41) is 5.21. The van der Waals surface area contributed by atoms with Crippen molar-refractivity contribution in [3.63, 3.8) is 0 Å². The maximum Gasteiger partial charge on any atom is 0.137 e. The highest BCUT2D eigenvalue weighted by Gasteiger charge is 2.20. The van der Waals surface area contributed by atoms with Crippen LogP contribution in [0.2, 0.25) is 0 Å². The second-order valence-electron chi connectivity index (χ2n) is 4.36. The molecule has 2 aromatic rings. The first-order chi connectivity index (χ1) is 9.52. The van der Waals surface area contributed by atoms with E-state index < -0.39 is 11.6 Å². The van der Waals surface area contributed by atoms with Crippen LogP contribution >= 0.6 is 43.2 Å². The van der Waals surface area contributed by atoms with E-state index >= 15 is 0 Å². The Morgan fingerprint density at radius 2 is 1.95 bits per heavy atom. The highest BCUT2D eigenvalue weighted by Crippen LogP contribution is 2.32. The fourth-order valence-corrected chi connectivity index (χ4v) is 3.45. The van der Waals surface area contributed by atoms with Crippen molar-refractivity contribution in [2.24, 2.45) is 0 Å². The van der Waals surface area contributed by atoms with Crippen LogP contribution in [0.1, 0.15) is 30.5 Å². The van der Waals surface area contributed by atoms with Crippen LogP contribution < -0.4 is 5.32 Å². The van der Waals surface area contributed by atoms with Crippen LogP contribution in [0.4, 0.5) is 8.78 Å².